The molecule has 0 radical (unpaired) electrons. The normalized spacial score (nSPS) is 27.2. The Labute approximate surface area is 253 Å². The van der Waals surface area contributed by atoms with Gasteiger partial charge in [0.15, 0.2) is 16.6 Å². The second-order valence-corrected chi connectivity index (χ2v) is 22.8. The molecule has 6 nitrogen and oxygen atoms in total. The molecular formula is C32H49ClO6Si2. The van der Waals surface area contributed by atoms with Gasteiger partial charge in [-0.05, 0) is 100 Å². The highest BCUT2D eigenvalue weighted by Gasteiger charge is 2.56. The molecule has 1 unspecified atom stereocenters. The number of aliphatic hydroxyl groups is 1. The van der Waals surface area contributed by atoms with Crippen LogP contribution in [0.5, 0.6) is 5.75 Å². The predicted octanol–water partition coefficient (Wildman–Crippen LogP) is 7.52. The van der Waals surface area contributed by atoms with Gasteiger partial charge in [-0.1, -0.05) is 43.6 Å². The fourth-order valence-corrected chi connectivity index (χ4v) is 7.77. The van der Waals surface area contributed by atoms with Gasteiger partial charge in [-0.25, -0.2) is 0 Å². The van der Waals surface area contributed by atoms with E-state index in [0.29, 0.717) is 36.3 Å². The first-order valence-electron chi connectivity index (χ1n) is 15.1. The van der Waals surface area contributed by atoms with E-state index in [4.69, 9.17) is 34.7 Å². The zero-order valence-electron chi connectivity index (χ0n) is 26.0. The van der Waals surface area contributed by atoms with Crippen LogP contribution in [-0.4, -0.2) is 59.4 Å². The van der Waals surface area contributed by atoms with Crippen LogP contribution in [0.15, 0.2) is 42.5 Å². The van der Waals surface area contributed by atoms with E-state index in [1.54, 1.807) is 0 Å². The molecule has 228 valence electrons. The van der Waals surface area contributed by atoms with Gasteiger partial charge < -0.3 is 28.2 Å². The Bertz CT molecular complexity index is 1140. The van der Waals surface area contributed by atoms with Crippen molar-refractivity contribution < 1.29 is 28.2 Å². The van der Waals surface area contributed by atoms with Crippen LogP contribution < -0.4 is 4.74 Å². The molecule has 2 aromatic rings. The third kappa shape index (κ3) is 8.89. The lowest BCUT2D eigenvalue weighted by Gasteiger charge is -2.53. The number of hydrogen-bond donors (Lipinski definition) is 1. The van der Waals surface area contributed by atoms with Gasteiger partial charge in [-0.15, -0.1) is 0 Å². The predicted molar refractivity (Wildman–Crippen MR) is 170 cm³/mol. The Morgan fingerprint density at radius 2 is 1.61 bits per heavy atom. The van der Waals surface area contributed by atoms with Crippen molar-refractivity contribution >= 4 is 28.2 Å². The standard InChI is InChI=1S/C32H49ClO6Si2/c1-9-29-22(2)30(38-40(3,4)5)31(39-41(6,7)8)32(34,37-29)25-12-17-28(33)24(21-25)20-23-10-13-26(14-11-23)35-18-19-36-27-15-16-27/h10-14,17,21-22,27,29-31,34H,9,15-16,18-20H2,1-8H3/t22-,29-,30+,31-,32?/m1/s1. The topological polar surface area (TPSA) is 66.4 Å². The molecule has 0 aromatic heterocycles. The Kier molecular flexibility index (Phi) is 10.5. The monoisotopic (exact) mass is 620 g/mol. The molecule has 0 spiro atoms. The summed E-state index contributed by atoms with van der Waals surface area (Å²) in [6, 6.07) is 13.7. The van der Waals surface area contributed by atoms with Crippen LogP contribution >= 0.6 is 11.6 Å². The number of ether oxygens (including phenoxy) is 3. The Morgan fingerprint density at radius 3 is 2.20 bits per heavy atom. The number of rotatable bonds is 13. The summed E-state index contributed by atoms with van der Waals surface area (Å²) in [7, 11) is -4.07. The summed E-state index contributed by atoms with van der Waals surface area (Å²) in [5, 5.41) is 13.1. The summed E-state index contributed by atoms with van der Waals surface area (Å²) < 4.78 is 31.6. The highest BCUT2D eigenvalue weighted by Crippen LogP contribution is 2.45. The molecule has 1 saturated carbocycles. The van der Waals surface area contributed by atoms with Crippen molar-refractivity contribution in [3.63, 3.8) is 0 Å². The van der Waals surface area contributed by atoms with Crippen molar-refractivity contribution in [1.29, 1.82) is 0 Å². The Hall–Kier alpha value is -1.24. The van der Waals surface area contributed by atoms with Crippen LogP contribution in [0.4, 0.5) is 0 Å². The van der Waals surface area contributed by atoms with Gasteiger partial charge in [-0.2, -0.15) is 0 Å². The van der Waals surface area contributed by atoms with Crippen LogP contribution in [0.1, 0.15) is 49.8 Å². The molecular weight excluding hydrogens is 572 g/mol. The largest absolute Gasteiger partial charge is 0.491 e. The lowest BCUT2D eigenvalue weighted by molar-refractivity contribution is -0.339. The van der Waals surface area contributed by atoms with E-state index in [2.05, 4.69) is 65.3 Å². The van der Waals surface area contributed by atoms with Gasteiger partial charge in [0, 0.05) is 16.5 Å². The summed E-state index contributed by atoms with van der Waals surface area (Å²) >= 11 is 6.71. The molecule has 4 rings (SSSR count). The summed E-state index contributed by atoms with van der Waals surface area (Å²) in [5.41, 5.74) is 2.65. The van der Waals surface area contributed by atoms with Crippen LogP contribution in [0, 0.1) is 5.92 Å². The van der Waals surface area contributed by atoms with Gasteiger partial charge in [-0.3, -0.25) is 0 Å². The molecule has 0 bridgehead atoms. The number of benzene rings is 2. The van der Waals surface area contributed by atoms with Gasteiger partial charge >= 0.3 is 0 Å². The van der Waals surface area contributed by atoms with E-state index < -0.39 is 28.5 Å². The van der Waals surface area contributed by atoms with Crippen molar-refractivity contribution in [2.75, 3.05) is 13.2 Å². The summed E-state index contributed by atoms with van der Waals surface area (Å²) in [4.78, 5) is 0. The quantitative estimate of drug-likeness (QED) is 0.185. The minimum atomic E-state index is -2.10. The van der Waals surface area contributed by atoms with Gasteiger partial charge in [0.1, 0.15) is 18.5 Å². The second-order valence-electron chi connectivity index (χ2n) is 13.5. The smallest absolute Gasteiger partial charge is 0.221 e. The van der Waals surface area contributed by atoms with E-state index in [9.17, 15) is 5.11 Å². The Balaban J connectivity index is 1.59. The van der Waals surface area contributed by atoms with Crippen molar-refractivity contribution in [2.45, 2.75) is 109 Å². The minimum Gasteiger partial charge on any atom is -0.491 e. The zero-order valence-corrected chi connectivity index (χ0v) is 28.8. The first kappa shape index (κ1) is 32.7. The highest BCUT2D eigenvalue weighted by molar-refractivity contribution is 6.70. The van der Waals surface area contributed by atoms with Crippen molar-refractivity contribution in [1.82, 2.24) is 0 Å². The first-order valence-corrected chi connectivity index (χ1v) is 22.3. The van der Waals surface area contributed by atoms with Crippen LogP contribution in [-0.2, 0) is 30.5 Å². The van der Waals surface area contributed by atoms with Crippen molar-refractivity contribution in [3.8, 4) is 5.75 Å². The summed E-state index contributed by atoms with van der Waals surface area (Å²) in [6.45, 7) is 18.3. The number of hydrogen-bond acceptors (Lipinski definition) is 6. The fourth-order valence-electron chi connectivity index (χ4n) is 5.37. The third-order valence-corrected chi connectivity index (χ3v) is 9.81. The molecule has 9 heteroatoms. The van der Waals surface area contributed by atoms with Crippen LogP contribution in [0.3, 0.4) is 0 Å². The molecule has 1 saturated heterocycles. The molecule has 2 fully saturated rings. The second kappa shape index (κ2) is 13.2. The summed E-state index contributed by atoms with van der Waals surface area (Å²) in [5.74, 6) is -0.782. The molecule has 1 heterocycles. The molecule has 2 aromatic carbocycles. The molecule has 1 aliphatic heterocycles. The SMILES string of the molecule is CC[C@H]1OC(O)(c2ccc(Cl)c(Cc3ccc(OCCOC4CC4)cc3)c2)[C@H](O[Si](C)(C)C)[C@@H](O[Si](C)(C)C)[C@@H]1C. The highest BCUT2D eigenvalue weighted by atomic mass is 35.5. The van der Waals surface area contributed by atoms with Gasteiger partial charge in [0.2, 0.25) is 5.79 Å². The molecule has 5 atom stereocenters. The summed E-state index contributed by atoms with van der Waals surface area (Å²) in [6.07, 6.45) is 3.01. The third-order valence-electron chi connectivity index (χ3n) is 7.50. The van der Waals surface area contributed by atoms with Gasteiger partial charge in [0.25, 0.3) is 0 Å². The van der Waals surface area contributed by atoms with E-state index in [-0.39, 0.29) is 18.1 Å². The van der Waals surface area contributed by atoms with Crippen molar-refractivity contribution in [2.24, 2.45) is 5.92 Å². The Morgan fingerprint density at radius 1 is 0.951 bits per heavy atom. The van der Waals surface area contributed by atoms with E-state index in [0.717, 1.165) is 23.3 Å². The maximum atomic E-state index is 12.5. The lowest BCUT2D eigenvalue weighted by Crippen LogP contribution is -2.64. The maximum Gasteiger partial charge on any atom is 0.221 e. The minimum absolute atomic E-state index is 0.0705. The zero-order chi connectivity index (χ0) is 30.0. The van der Waals surface area contributed by atoms with Crippen LogP contribution in [0.2, 0.25) is 44.3 Å². The fraction of sp³-hybridized carbons (Fsp3) is 0.625. The van der Waals surface area contributed by atoms with Gasteiger partial charge in [0.05, 0.1) is 24.9 Å². The maximum absolute atomic E-state index is 12.5. The van der Waals surface area contributed by atoms with E-state index >= 15 is 0 Å². The van der Waals surface area contributed by atoms with Crippen molar-refractivity contribution in [3.05, 3.63) is 64.2 Å². The molecule has 1 N–H and O–H groups in total. The first-order chi connectivity index (χ1) is 19.2. The van der Waals surface area contributed by atoms with E-state index in [1.807, 2.05) is 30.3 Å². The molecule has 2 aliphatic rings. The number of halogens is 1. The molecule has 0 amide bonds. The molecule has 41 heavy (non-hydrogen) atoms. The average Bonchev–Trinajstić information content (AvgIpc) is 3.71. The van der Waals surface area contributed by atoms with Crippen LogP contribution in [0.25, 0.3) is 0 Å². The molecule has 1 aliphatic carbocycles. The lowest BCUT2D eigenvalue weighted by atomic mass is 9.82. The average molecular weight is 621 g/mol. The van der Waals surface area contributed by atoms with E-state index in [1.165, 1.54) is 12.8 Å².